The zero-order chi connectivity index (χ0) is 13.5. The van der Waals surface area contributed by atoms with E-state index in [-0.39, 0.29) is 12.5 Å². The van der Waals surface area contributed by atoms with Gasteiger partial charge in [-0.05, 0) is 26.7 Å². The average molecular weight is 253 g/mol. The smallest absolute Gasteiger partial charge is 0.230 e. The first-order valence-corrected chi connectivity index (χ1v) is 5.88. The van der Waals surface area contributed by atoms with Crippen LogP contribution in [0, 0.1) is 13.8 Å². The highest BCUT2D eigenvalue weighted by atomic mass is 16.5. The van der Waals surface area contributed by atoms with Crippen LogP contribution in [0.5, 0.6) is 5.75 Å². The lowest BCUT2D eigenvalue weighted by atomic mass is 10.2. The molecule has 0 saturated heterocycles. The molecule has 0 unspecified atom stereocenters. The number of methoxy groups -OCH3 is 1. The van der Waals surface area contributed by atoms with Gasteiger partial charge in [-0.15, -0.1) is 0 Å². The number of hydrogen-bond acceptors (Lipinski definition) is 5. The summed E-state index contributed by atoms with van der Waals surface area (Å²) in [6.07, 6.45) is 1.62. The van der Waals surface area contributed by atoms with Gasteiger partial charge in [0.2, 0.25) is 11.9 Å². The minimum atomic E-state index is -0.146. The van der Waals surface area contributed by atoms with Crippen LogP contribution >= 0.6 is 0 Å². The van der Waals surface area contributed by atoms with Gasteiger partial charge < -0.3 is 9.84 Å². The molecule has 0 saturated carbocycles. The Balaban J connectivity index is 2.65. The number of carbonyl (C=O) groups excluding carboxylic acids is 1. The molecule has 0 atom stereocenters. The summed E-state index contributed by atoms with van der Waals surface area (Å²) in [5.41, 5.74) is 1.38. The Morgan fingerprint density at radius 2 is 1.89 bits per heavy atom. The number of anilines is 1. The molecule has 0 aliphatic rings. The summed E-state index contributed by atoms with van der Waals surface area (Å²) in [6.45, 7) is 3.70. The number of amides is 1. The Kier molecular flexibility index (Phi) is 5.51. The predicted molar refractivity (Wildman–Crippen MR) is 67.6 cm³/mol. The van der Waals surface area contributed by atoms with E-state index >= 15 is 0 Å². The number of unbranched alkanes of at least 4 members (excludes halogenated alkanes) is 1. The number of nitrogens with one attached hydrogen (secondary N) is 1. The molecule has 1 aromatic heterocycles. The molecule has 6 heteroatoms. The van der Waals surface area contributed by atoms with Crippen molar-refractivity contribution in [1.82, 2.24) is 9.97 Å². The summed E-state index contributed by atoms with van der Waals surface area (Å²) < 4.78 is 5.15. The third-order valence-corrected chi connectivity index (χ3v) is 2.47. The van der Waals surface area contributed by atoms with E-state index in [2.05, 4.69) is 15.3 Å². The fourth-order valence-corrected chi connectivity index (χ4v) is 1.64. The highest BCUT2D eigenvalue weighted by Crippen LogP contribution is 2.20. The first-order chi connectivity index (χ1) is 8.58. The van der Waals surface area contributed by atoms with Crippen LogP contribution in [0.25, 0.3) is 0 Å². The normalized spacial score (nSPS) is 10.2. The van der Waals surface area contributed by atoms with Crippen molar-refractivity contribution in [3.8, 4) is 5.75 Å². The fourth-order valence-electron chi connectivity index (χ4n) is 1.64. The molecule has 0 aromatic carbocycles. The number of carbonyl (C=O) groups is 1. The van der Waals surface area contributed by atoms with Crippen LogP contribution in [0.1, 0.15) is 30.7 Å². The molecule has 0 aliphatic carbocycles. The van der Waals surface area contributed by atoms with E-state index in [1.54, 1.807) is 21.0 Å². The minimum Gasteiger partial charge on any atom is -0.493 e. The molecule has 2 N–H and O–H groups in total. The van der Waals surface area contributed by atoms with Crippen LogP contribution in [-0.2, 0) is 4.79 Å². The van der Waals surface area contributed by atoms with Crippen molar-refractivity contribution in [3.05, 3.63) is 11.4 Å². The number of ether oxygens (including phenoxy) is 1. The zero-order valence-electron chi connectivity index (χ0n) is 11.0. The molecule has 100 valence electrons. The lowest BCUT2D eigenvalue weighted by Gasteiger charge is -2.09. The minimum absolute atomic E-state index is 0.102. The number of rotatable bonds is 6. The largest absolute Gasteiger partial charge is 0.493 e. The number of aromatic nitrogens is 2. The van der Waals surface area contributed by atoms with E-state index in [1.165, 1.54) is 0 Å². The first kappa shape index (κ1) is 14.4. The van der Waals surface area contributed by atoms with Crippen molar-refractivity contribution in [2.24, 2.45) is 0 Å². The molecule has 18 heavy (non-hydrogen) atoms. The summed E-state index contributed by atoms with van der Waals surface area (Å²) in [6, 6.07) is 0. The Morgan fingerprint density at radius 1 is 1.28 bits per heavy atom. The number of aliphatic hydroxyl groups is 1. The quantitative estimate of drug-likeness (QED) is 0.744. The Bertz CT molecular complexity index is 398. The second-order valence-electron chi connectivity index (χ2n) is 3.98. The van der Waals surface area contributed by atoms with Gasteiger partial charge in [0.15, 0.2) is 5.75 Å². The summed E-state index contributed by atoms with van der Waals surface area (Å²) in [7, 11) is 1.56. The highest BCUT2D eigenvalue weighted by molar-refractivity contribution is 5.88. The maximum atomic E-state index is 11.6. The summed E-state index contributed by atoms with van der Waals surface area (Å²) in [4.78, 5) is 19.9. The monoisotopic (exact) mass is 253 g/mol. The third-order valence-electron chi connectivity index (χ3n) is 2.47. The van der Waals surface area contributed by atoms with Gasteiger partial charge in [0, 0.05) is 13.0 Å². The van der Waals surface area contributed by atoms with Crippen molar-refractivity contribution >= 4 is 11.9 Å². The molecule has 0 fully saturated rings. The number of nitrogens with zero attached hydrogens (tertiary/aromatic N) is 2. The van der Waals surface area contributed by atoms with Crippen molar-refractivity contribution in [2.75, 3.05) is 19.0 Å². The number of aliphatic hydroxyl groups excluding tert-OH is 1. The van der Waals surface area contributed by atoms with Gasteiger partial charge in [-0.2, -0.15) is 0 Å². The molecule has 0 bridgehead atoms. The van der Waals surface area contributed by atoms with Gasteiger partial charge in [-0.3, -0.25) is 10.1 Å². The summed E-state index contributed by atoms with van der Waals surface area (Å²) in [5.74, 6) is 0.778. The topological polar surface area (TPSA) is 84.3 Å². The zero-order valence-corrected chi connectivity index (χ0v) is 11.0. The third kappa shape index (κ3) is 3.96. The molecule has 0 radical (unpaired) electrons. The number of aryl methyl sites for hydroxylation is 2. The second-order valence-corrected chi connectivity index (χ2v) is 3.98. The van der Waals surface area contributed by atoms with E-state index in [1.807, 2.05) is 0 Å². The van der Waals surface area contributed by atoms with Crippen LogP contribution in [-0.4, -0.2) is 34.7 Å². The predicted octanol–water partition coefficient (Wildman–Crippen LogP) is 1.20. The molecular weight excluding hydrogens is 234 g/mol. The van der Waals surface area contributed by atoms with E-state index in [4.69, 9.17) is 9.84 Å². The SMILES string of the molecule is COc1c(C)nc(NC(=O)CCCCO)nc1C. The first-order valence-electron chi connectivity index (χ1n) is 5.88. The van der Waals surface area contributed by atoms with Gasteiger partial charge >= 0.3 is 0 Å². The molecule has 6 nitrogen and oxygen atoms in total. The Morgan fingerprint density at radius 3 is 2.39 bits per heavy atom. The standard InChI is InChI=1S/C12H19N3O3/c1-8-11(18-3)9(2)14-12(13-8)15-10(17)6-4-5-7-16/h16H,4-7H2,1-3H3,(H,13,14,15,17). The van der Waals surface area contributed by atoms with Crippen molar-refractivity contribution < 1.29 is 14.6 Å². The van der Waals surface area contributed by atoms with Gasteiger partial charge in [-0.1, -0.05) is 0 Å². The van der Waals surface area contributed by atoms with Gasteiger partial charge in [-0.25, -0.2) is 9.97 Å². The van der Waals surface area contributed by atoms with Gasteiger partial charge in [0.1, 0.15) is 0 Å². The van der Waals surface area contributed by atoms with Crippen molar-refractivity contribution in [2.45, 2.75) is 33.1 Å². The fraction of sp³-hybridized carbons (Fsp3) is 0.583. The van der Waals surface area contributed by atoms with E-state index in [0.717, 1.165) is 0 Å². The number of hydrogen-bond donors (Lipinski definition) is 2. The molecular formula is C12H19N3O3. The van der Waals surface area contributed by atoms with Crippen molar-refractivity contribution in [3.63, 3.8) is 0 Å². The van der Waals surface area contributed by atoms with Gasteiger partial charge in [0.05, 0.1) is 18.5 Å². The maximum absolute atomic E-state index is 11.6. The molecule has 0 aliphatic heterocycles. The highest BCUT2D eigenvalue weighted by Gasteiger charge is 2.10. The Labute approximate surface area is 106 Å². The van der Waals surface area contributed by atoms with E-state index in [9.17, 15) is 4.79 Å². The Hall–Kier alpha value is -1.69. The molecule has 1 aromatic rings. The van der Waals surface area contributed by atoms with E-state index < -0.39 is 0 Å². The molecule has 1 rings (SSSR count). The lowest BCUT2D eigenvalue weighted by Crippen LogP contribution is -2.15. The average Bonchev–Trinajstić information content (AvgIpc) is 2.29. The van der Waals surface area contributed by atoms with Crippen molar-refractivity contribution in [1.29, 1.82) is 0 Å². The lowest BCUT2D eigenvalue weighted by molar-refractivity contribution is -0.116. The summed E-state index contributed by atoms with van der Waals surface area (Å²) >= 11 is 0. The molecule has 0 spiro atoms. The van der Waals surface area contributed by atoms with Crippen LogP contribution in [0.2, 0.25) is 0 Å². The van der Waals surface area contributed by atoms with Crippen LogP contribution in [0.4, 0.5) is 5.95 Å². The maximum Gasteiger partial charge on any atom is 0.230 e. The van der Waals surface area contributed by atoms with Gasteiger partial charge in [0.25, 0.3) is 0 Å². The van der Waals surface area contributed by atoms with E-state index in [0.29, 0.717) is 42.3 Å². The second kappa shape index (κ2) is 6.90. The summed E-state index contributed by atoms with van der Waals surface area (Å²) in [5, 5.41) is 11.3. The van der Waals surface area contributed by atoms with Crippen LogP contribution < -0.4 is 10.1 Å². The molecule has 1 amide bonds. The molecule has 1 heterocycles. The van der Waals surface area contributed by atoms with Crippen LogP contribution in [0.15, 0.2) is 0 Å². The van der Waals surface area contributed by atoms with Crippen LogP contribution in [0.3, 0.4) is 0 Å².